The molecule has 2 aromatic rings. The van der Waals surface area contributed by atoms with Gasteiger partial charge in [-0.1, -0.05) is 48.9 Å². The molecular formula is C24H35IN4O. The highest BCUT2D eigenvalue weighted by Crippen LogP contribution is 2.31. The number of halogens is 1. The van der Waals surface area contributed by atoms with Crippen LogP contribution < -0.4 is 20.3 Å². The summed E-state index contributed by atoms with van der Waals surface area (Å²) in [5, 5.41) is 6.99. The second-order valence-corrected chi connectivity index (χ2v) is 7.92. The molecule has 0 radical (unpaired) electrons. The number of aliphatic imine (C=N–C) groups is 1. The van der Waals surface area contributed by atoms with Crippen LogP contribution in [-0.2, 0) is 0 Å². The highest BCUT2D eigenvalue weighted by molar-refractivity contribution is 14.0. The van der Waals surface area contributed by atoms with Crippen LogP contribution in [-0.4, -0.2) is 46.3 Å². The molecule has 1 aliphatic rings. The summed E-state index contributed by atoms with van der Waals surface area (Å²) < 4.78 is 5.52. The van der Waals surface area contributed by atoms with Gasteiger partial charge in [0.05, 0.1) is 12.8 Å². The molecule has 2 aromatic carbocycles. The zero-order valence-electron chi connectivity index (χ0n) is 18.5. The van der Waals surface area contributed by atoms with Crippen molar-refractivity contribution in [2.45, 2.75) is 26.2 Å². The van der Waals surface area contributed by atoms with Crippen LogP contribution in [0.25, 0.3) is 0 Å². The predicted molar refractivity (Wildman–Crippen MR) is 138 cm³/mol. The zero-order valence-corrected chi connectivity index (χ0v) is 20.9. The van der Waals surface area contributed by atoms with Crippen molar-refractivity contribution in [1.29, 1.82) is 0 Å². The number of anilines is 1. The van der Waals surface area contributed by atoms with E-state index in [0.29, 0.717) is 11.8 Å². The predicted octanol–water partition coefficient (Wildman–Crippen LogP) is 4.42. The largest absolute Gasteiger partial charge is 0.495 e. The van der Waals surface area contributed by atoms with E-state index in [9.17, 15) is 0 Å². The van der Waals surface area contributed by atoms with Crippen molar-refractivity contribution in [3.05, 3.63) is 59.7 Å². The number of methoxy groups -OCH3 is 1. The average Bonchev–Trinajstić information content (AvgIpc) is 3.22. The molecule has 1 aliphatic heterocycles. The Balaban J connectivity index is 0.00000320. The van der Waals surface area contributed by atoms with Gasteiger partial charge in [0.15, 0.2) is 5.96 Å². The van der Waals surface area contributed by atoms with Gasteiger partial charge in [-0.15, -0.1) is 24.0 Å². The molecule has 2 atom stereocenters. The second-order valence-electron chi connectivity index (χ2n) is 7.92. The van der Waals surface area contributed by atoms with E-state index >= 15 is 0 Å². The molecule has 0 spiro atoms. The van der Waals surface area contributed by atoms with Crippen LogP contribution in [0, 0.1) is 12.8 Å². The van der Waals surface area contributed by atoms with Gasteiger partial charge < -0.3 is 20.3 Å². The first-order valence-corrected chi connectivity index (χ1v) is 10.5. The van der Waals surface area contributed by atoms with Crippen LogP contribution in [0.4, 0.5) is 5.69 Å². The number of ether oxygens (including phenoxy) is 1. The lowest BCUT2D eigenvalue weighted by molar-refractivity contribution is 0.414. The Hall–Kier alpha value is -1.96. The summed E-state index contributed by atoms with van der Waals surface area (Å²) in [5.41, 5.74) is 3.85. The van der Waals surface area contributed by atoms with Crippen molar-refractivity contribution >= 4 is 35.6 Å². The summed E-state index contributed by atoms with van der Waals surface area (Å²) >= 11 is 0. The minimum atomic E-state index is 0. The van der Waals surface area contributed by atoms with E-state index < -0.39 is 0 Å². The maximum Gasteiger partial charge on any atom is 0.191 e. The molecule has 2 unspecified atom stereocenters. The van der Waals surface area contributed by atoms with E-state index in [0.717, 1.165) is 37.9 Å². The quantitative estimate of drug-likeness (QED) is 0.321. The minimum absolute atomic E-state index is 0. The van der Waals surface area contributed by atoms with E-state index in [1.54, 1.807) is 7.11 Å². The fraction of sp³-hybridized carbons (Fsp3) is 0.458. The molecule has 0 aliphatic carbocycles. The summed E-state index contributed by atoms with van der Waals surface area (Å²) in [5.74, 6) is 2.84. The van der Waals surface area contributed by atoms with Crippen molar-refractivity contribution in [3.63, 3.8) is 0 Å². The van der Waals surface area contributed by atoms with Crippen LogP contribution in [0.2, 0.25) is 0 Å². The SMILES string of the molecule is CN=C(NCC1CCN(c2ccccc2OC)C1)NCC(C)c1cccc(C)c1.I. The van der Waals surface area contributed by atoms with Crippen molar-refractivity contribution in [2.24, 2.45) is 10.9 Å². The fourth-order valence-electron chi connectivity index (χ4n) is 3.91. The Morgan fingerprint density at radius 1 is 1.20 bits per heavy atom. The van der Waals surface area contributed by atoms with Crippen LogP contribution in [0.15, 0.2) is 53.5 Å². The van der Waals surface area contributed by atoms with Crippen molar-refractivity contribution < 1.29 is 4.74 Å². The highest BCUT2D eigenvalue weighted by atomic mass is 127. The van der Waals surface area contributed by atoms with Crippen molar-refractivity contribution in [1.82, 2.24) is 10.6 Å². The van der Waals surface area contributed by atoms with Gasteiger partial charge in [-0.25, -0.2) is 0 Å². The van der Waals surface area contributed by atoms with Crippen molar-refractivity contribution in [2.75, 3.05) is 45.2 Å². The van der Waals surface area contributed by atoms with Gasteiger partial charge in [0.2, 0.25) is 0 Å². The normalized spacial score (nSPS) is 17.3. The number of guanidine groups is 1. The number of aryl methyl sites for hydroxylation is 1. The second kappa shape index (κ2) is 12.0. The number of hydrogen-bond acceptors (Lipinski definition) is 3. The van der Waals surface area contributed by atoms with Crippen LogP contribution >= 0.6 is 24.0 Å². The van der Waals surface area contributed by atoms with Gasteiger partial charge in [-0.2, -0.15) is 0 Å². The van der Waals surface area contributed by atoms with Crippen LogP contribution in [0.3, 0.4) is 0 Å². The molecule has 0 saturated carbocycles. The number of rotatable bonds is 7. The standard InChI is InChI=1S/C24H34N4O.HI/c1-18-8-7-9-21(14-18)19(2)15-26-24(25-3)27-16-20-12-13-28(17-20)22-10-5-6-11-23(22)29-4;/h5-11,14,19-20H,12-13,15-17H2,1-4H3,(H2,25,26,27);1H. The summed E-state index contributed by atoms with van der Waals surface area (Å²) in [7, 11) is 3.57. The number of para-hydroxylation sites is 2. The molecule has 30 heavy (non-hydrogen) atoms. The molecule has 0 amide bonds. The lowest BCUT2D eigenvalue weighted by Gasteiger charge is -2.22. The first kappa shape index (κ1) is 24.3. The number of nitrogens with zero attached hydrogens (tertiary/aromatic N) is 2. The Kier molecular flexibility index (Phi) is 9.75. The molecule has 164 valence electrons. The maximum absolute atomic E-state index is 5.52. The van der Waals surface area contributed by atoms with Gasteiger partial charge >= 0.3 is 0 Å². The van der Waals surface area contributed by atoms with Crippen molar-refractivity contribution in [3.8, 4) is 5.75 Å². The van der Waals surface area contributed by atoms with Gasteiger partial charge in [-0.05, 0) is 42.9 Å². The monoisotopic (exact) mass is 522 g/mol. The number of benzene rings is 2. The van der Waals surface area contributed by atoms with Crippen LogP contribution in [0.5, 0.6) is 5.75 Å². The van der Waals surface area contributed by atoms with Gasteiger partial charge in [0, 0.05) is 33.2 Å². The molecule has 1 heterocycles. The third-order valence-electron chi connectivity index (χ3n) is 5.68. The smallest absolute Gasteiger partial charge is 0.191 e. The number of nitrogens with one attached hydrogen (secondary N) is 2. The Labute approximate surface area is 198 Å². The topological polar surface area (TPSA) is 48.9 Å². The first-order chi connectivity index (χ1) is 14.1. The Morgan fingerprint density at radius 3 is 2.73 bits per heavy atom. The van der Waals surface area contributed by atoms with E-state index in [-0.39, 0.29) is 24.0 Å². The molecule has 0 aromatic heterocycles. The molecule has 1 fully saturated rings. The lowest BCUT2D eigenvalue weighted by atomic mass is 9.99. The molecule has 3 rings (SSSR count). The summed E-state index contributed by atoms with van der Waals surface area (Å²) in [6, 6.07) is 17.0. The Morgan fingerprint density at radius 2 is 2.00 bits per heavy atom. The molecular weight excluding hydrogens is 487 g/mol. The summed E-state index contributed by atoms with van der Waals surface area (Å²) in [6.45, 7) is 8.26. The third kappa shape index (κ3) is 6.52. The zero-order chi connectivity index (χ0) is 20.6. The molecule has 6 heteroatoms. The molecule has 5 nitrogen and oxygen atoms in total. The summed E-state index contributed by atoms with van der Waals surface area (Å²) in [6.07, 6.45) is 1.17. The maximum atomic E-state index is 5.52. The third-order valence-corrected chi connectivity index (χ3v) is 5.68. The van der Waals surface area contributed by atoms with E-state index in [2.05, 4.69) is 70.8 Å². The van der Waals surface area contributed by atoms with E-state index in [1.165, 1.54) is 23.2 Å². The van der Waals surface area contributed by atoms with Crippen LogP contribution in [0.1, 0.15) is 30.4 Å². The number of hydrogen-bond donors (Lipinski definition) is 2. The van der Waals surface area contributed by atoms with Gasteiger partial charge in [-0.3, -0.25) is 4.99 Å². The molecule has 1 saturated heterocycles. The van der Waals surface area contributed by atoms with Gasteiger partial charge in [0.25, 0.3) is 0 Å². The molecule has 0 bridgehead atoms. The fourth-order valence-corrected chi connectivity index (χ4v) is 3.91. The first-order valence-electron chi connectivity index (χ1n) is 10.5. The highest BCUT2D eigenvalue weighted by Gasteiger charge is 2.24. The molecule has 2 N–H and O–H groups in total. The van der Waals surface area contributed by atoms with E-state index in [4.69, 9.17) is 4.74 Å². The average molecular weight is 522 g/mol. The van der Waals surface area contributed by atoms with E-state index in [1.807, 2.05) is 19.2 Å². The minimum Gasteiger partial charge on any atom is -0.495 e. The summed E-state index contributed by atoms with van der Waals surface area (Å²) in [4.78, 5) is 6.82. The lowest BCUT2D eigenvalue weighted by Crippen LogP contribution is -2.41. The van der Waals surface area contributed by atoms with Gasteiger partial charge in [0.1, 0.15) is 5.75 Å². The Bertz CT molecular complexity index is 826.